The molecule has 0 atom stereocenters. The Hall–Kier alpha value is -1.94. The maximum atomic E-state index is 10.9. The predicted molar refractivity (Wildman–Crippen MR) is 78.0 cm³/mol. The number of hydrogen-bond donors (Lipinski definition) is 2. The van der Waals surface area contributed by atoms with E-state index in [9.17, 15) is 4.79 Å². The van der Waals surface area contributed by atoms with Gasteiger partial charge in [0.05, 0.1) is 5.56 Å². The van der Waals surface area contributed by atoms with Gasteiger partial charge in [0, 0.05) is 5.69 Å². The van der Waals surface area contributed by atoms with Gasteiger partial charge in [0.2, 0.25) is 0 Å². The van der Waals surface area contributed by atoms with Crippen molar-refractivity contribution in [1.29, 1.82) is 0 Å². The number of hydrogen-bond acceptors (Lipinski definition) is 2. The van der Waals surface area contributed by atoms with Crippen molar-refractivity contribution in [2.45, 2.75) is 19.8 Å². The quantitative estimate of drug-likeness (QED) is 0.826. The lowest BCUT2D eigenvalue weighted by atomic mass is 10.1. The third kappa shape index (κ3) is 3.09. The smallest absolute Gasteiger partial charge is 0.338 e. The molecule has 1 aromatic carbocycles. The van der Waals surface area contributed by atoms with Gasteiger partial charge in [0.1, 0.15) is 4.64 Å². The number of aryl methyl sites for hydroxylation is 1. The fourth-order valence-corrected chi connectivity index (χ4v) is 2.22. The van der Waals surface area contributed by atoms with E-state index in [0.717, 1.165) is 24.1 Å². The summed E-state index contributed by atoms with van der Waals surface area (Å²) in [6.45, 7) is 2.15. The molecule has 1 heterocycles. The van der Waals surface area contributed by atoms with Gasteiger partial charge in [-0.05, 0) is 29.7 Å². The third-order valence-corrected chi connectivity index (χ3v) is 3.27. The Bertz CT molecular complexity index is 644. The zero-order valence-electron chi connectivity index (χ0n) is 10.6. The lowest BCUT2D eigenvalue weighted by Gasteiger charge is -2.05. The number of carboxylic acids is 1. The summed E-state index contributed by atoms with van der Waals surface area (Å²) in [6, 6.07) is 11.5. The third-order valence-electron chi connectivity index (χ3n) is 2.94. The molecule has 0 radical (unpaired) electrons. The minimum atomic E-state index is -1.01. The van der Waals surface area contributed by atoms with Gasteiger partial charge < -0.3 is 10.1 Å². The number of aromatic amines is 1. The van der Waals surface area contributed by atoms with Crippen LogP contribution in [0.5, 0.6) is 0 Å². The number of aromatic nitrogens is 1. The molecule has 4 heteroatoms. The lowest BCUT2D eigenvalue weighted by molar-refractivity contribution is 0.0696. The van der Waals surface area contributed by atoms with Gasteiger partial charge in [0.15, 0.2) is 0 Å². The van der Waals surface area contributed by atoms with Gasteiger partial charge in [-0.1, -0.05) is 49.8 Å². The molecule has 2 aromatic rings. The Kier molecular flexibility index (Phi) is 4.12. The summed E-state index contributed by atoms with van der Waals surface area (Å²) in [5, 5.41) is 8.94. The van der Waals surface area contributed by atoms with Crippen molar-refractivity contribution in [3.05, 3.63) is 52.2 Å². The molecule has 3 nitrogen and oxygen atoms in total. The van der Waals surface area contributed by atoms with E-state index in [2.05, 4.69) is 24.0 Å². The van der Waals surface area contributed by atoms with Crippen LogP contribution in [0.25, 0.3) is 11.3 Å². The molecule has 0 aliphatic rings. The summed E-state index contributed by atoms with van der Waals surface area (Å²) in [7, 11) is 0. The number of benzene rings is 1. The van der Waals surface area contributed by atoms with Gasteiger partial charge in [-0.2, -0.15) is 0 Å². The number of carboxylic acid groups (broad SMARTS) is 1. The van der Waals surface area contributed by atoms with Gasteiger partial charge in [0.25, 0.3) is 0 Å². The normalized spacial score (nSPS) is 10.4. The molecular formula is C15H15NO2S. The van der Waals surface area contributed by atoms with Crippen LogP contribution in [0.2, 0.25) is 0 Å². The molecule has 0 saturated heterocycles. The number of nitrogens with one attached hydrogen (secondary N) is 1. The first-order valence-corrected chi connectivity index (χ1v) is 6.58. The maximum absolute atomic E-state index is 10.9. The van der Waals surface area contributed by atoms with Crippen molar-refractivity contribution in [2.24, 2.45) is 0 Å². The van der Waals surface area contributed by atoms with Crippen molar-refractivity contribution in [3.63, 3.8) is 0 Å². The Balaban J connectivity index is 2.34. The maximum Gasteiger partial charge on any atom is 0.338 e. The Morgan fingerprint density at radius 1 is 1.21 bits per heavy atom. The molecular weight excluding hydrogens is 258 g/mol. The van der Waals surface area contributed by atoms with Crippen molar-refractivity contribution < 1.29 is 9.90 Å². The molecule has 19 heavy (non-hydrogen) atoms. The first-order valence-electron chi connectivity index (χ1n) is 6.17. The minimum absolute atomic E-state index is 0.126. The van der Waals surface area contributed by atoms with E-state index in [-0.39, 0.29) is 10.2 Å². The average molecular weight is 273 g/mol. The highest BCUT2D eigenvalue weighted by Gasteiger charge is 2.06. The van der Waals surface area contributed by atoms with Crippen molar-refractivity contribution in [3.8, 4) is 11.3 Å². The van der Waals surface area contributed by atoms with Gasteiger partial charge in [-0.3, -0.25) is 0 Å². The van der Waals surface area contributed by atoms with Crippen LogP contribution in [-0.4, -0.2) is 16.1 Å². The zero-order chi connectivity index (χ0) is 13.8. The molecule has 0 spiro atoms. The van der Waals surface area contributed by atoms with Crippen LogP contribution in [0.15, 0.2) is 36.4 Å². The van der Waals surface area contributed by atoms with Crippen LogP contribution < -0.4 is 0 Å². The minimum Gasteiger partial charge on any atom is -0.478 e. The molecule has 2 rings (SSSR count). The fraction of sp³-hybridized carbons (Fsp3) is 0.200. The SMILES string of the molecule is CCCc1ccc(-c2ccc(C(=O)O)c(=S)[nH]2)cc1. The number of rotatable bonds is 4. The van der Waals surface area contributed by atoms with E-state index in [1.165, 1.54) is 11.6 Å². The highest BCUT2D eigenvalue weighted by Crippen LogP contribution is 2.19. The molecule has 0 unspecified atom stereocenters. The first-order chi connectivity index (χ1) is 9.11. The number of pyridine rings is 1. The topological polar surface area (TPSA) is 53.1 Å². The molecule has 0 aliphatic carbocycles. The molecule has 0 bridgehead atoms. The second-order valence-electron chi connectivity index (χ2n) is 4.37. The zero-order valence-corrected chi connectivity index (χ0v) is 11.5. The second kappa shape index (κ2) is 5.80. The van der Waals surface area contributed by atoms with E-state index in [4.69, 9.17) is 17.3 Å². The van der Waals surface area contributed by atoms with E-state index in [1.807, 2.05) is 12.1 Å². The number of H-pyrrole nitrogens is 1. The van der Waals surface area contributed by atoms with Gasteiger partial charge in [-0.15, -0.1) is 0 Å². The Morgan fingerprint density at radius 2 is 1.89 bits per heavy atom. The standard InChI is InChI=1S/C15H15NO2S/c1-2-3-10-4-6-11(7-5-10)13-9-8-12(15(17)18)14(19)16-13/h4-9H,2-3H2,1H3,(H,16,19)(H,17,18). The Morgan fingerprint density at radius 3 is 2.42 bits per heavy atom. The summed E-state index contributed by atoms with van der Waals surface area (Å²) < 4.78 is 0.252. The Labute approximate surface area is 116 Å². The number of aromatic carboxylic acids is 1. The van der Waals surface area contributed by atoms with Crippen LogP contribution in [0.3, 0.4) is 0 Å². The monoisotopic (exact) mass is 273 g/mol. The van der Waals surface area contributed by atoms with E-state index in [1.54, 1.807) is 6.07 Å². The molecule has 98 valence electrons. The first kappa shape index (κ1) is 13.5. The van der Waals surface area contributed by atoms with Crippen molar-refractivity contribution in [2.75, 3.05) is 0 Å². The van der Waals surface area contributed by atoms with Crippen LogP contribution in [0.1, 0.15) is 29.3 Å². The van der Waals surface area contributed by atoms with Gasteiger partial charge in [-0.25, -0.2) is 4.79 Å². The summed E-state index contributed by atoms with van der Waals surface area (Å²) in [5.74, 6) is -1.01. The van der Waals surface area contributed by atoms with E-state index < -0.39 is 5.97 Å². The van der Waals surface area contributed by atoms with Crippen LogP contribution >= 0.6 is 12.2 Å². The van der Waals surface area contributed by atoms with E-state index in [0.29, 0.717) is 0 Å². The fourth-order valence-electron chi connectivity index (χ4n) is 1.95. The van der Waals surface area contributed by atoms with Crippen molar-refractivity contribution in [1.82, 2.24) is 4.98 Å². The van der Waals surface area contributed by atoms with Crippen molar-refractivity contribution >= 4 is 18.2 Å². The predicted octanol–water partition coefficient (Wildman–Crippen LogP) is 4.06. The van der Waals surface area contributed by atoms with E-state index >= 15 is 0 Å². The molecule has 0 amide bonds. The highest BCUT2D eigenvalue weighted by molar-refractivity contribution is 7.71. The molecule has 0 aliphatic heterocycles. The summed E-state index contributed by atoms with van der Waals surface area (Å²) in [5.41, 5.74) is 3.26. The second-order valence-corrected chi connectivity index (χ2v) is 4.78. The van der Waals surface area contributed by atoms with Crippen LogP contribution in [-0.2, 0) is 6.42 Å². The number of carbonyl (C=O) groups is 1. The van der Waals surface area contributed by atoms with Crippen LogP contribution in [0, 0.1) is 4.64 Å². The summed E-state index contributed by atoms with van der Waals surface area (Å²) in [4.78, 5) is 13.9. The summed E-state index contributed by atoms with van der Waals surface area (Å²) in [6.07, 6.45) is 2.18. The molecule has 2 N–H and O–H groups in total. The van der Waals surface area contributed by atoms with Crippen LogP contribution in [0.4, 0.5) is 0 Å². The summed E-state index contributed by atoms with van der Waals surface area (Å²) >= 11 is 5.05. The average Bonchev–Trinajstić information content (AvgIpc) is 2.39. The largest absolute Gasteiger partial charge is 0.478 e. The lowest BCUT2D eigenvalue weighted by Crippen LogP contribution is -1.99. The molecule has 1 aromatic heterocycles. The van der Waals surface area contributed by atoms with Gasteiger partial charge >= 0.3 is 5.97 Å². The highest BCUT2D eigenvalue weighted by atomic mass is 32.1. The molecule has 0 fully saturated rings. The molecule has 0 saturated carbocycles.